The Bertz CT molecular complexity index is 498. The van der Waals surface area contributed by atoms with E-state index in [0.29, 0.717) is 17.4 Å². The van der Waals surface area contributed by atoms with Gasteiger partial charge in [-0.05, 0) is 17.7 Å². The van der Waals surface area contributed by atoms with Gasteiger partial charge in [-0.25, -0.2) is 8.42 Å². The van der Waals surface area contributed by atoms with E-state index in [1.165, 1.54) is 12.1 Å². The maximum absolute atomic E-state index is 11.3. The SMILES string of the molecule is O=Cc1ccc2c(c1)S(=O)(=O)C=C2. The van der Waals surface area contributed by atoms with Gasteiger partial charge in [-0.15, -0.1) is 0 Å². The van der Waals surface area contributed by atoms with Crippen molar-refractivity contribution < 1.29 is 13.2 Å². The van der Waals surface area contributed by atoms with E-state index in [9.17, 15) is 13.2 Å². The molecule has 13 heavy (non-hydrogen) atoms. The minimum atomic E-state index is -3.28. The van der Waals surface area contributed by atoms with Crippen molar-refractivity contribution in [2.24, 2.45) is 0 Å². The Morgan fingerprint density at radius 3 is 2.69 bits per heavy atom. The molecule has 4 heteroatoms. The second kappa shape index (κ2) is 2.53. The third-order valence-electron chi connectivity index (χ3n) is 1.91. The Hall–Kier alpha value is -1.42. The lowest BCUT2D eigenvalue weighted by molar-refractivity contribution is 0.112. The largest absolute Gasteiger partial charge is 0.298 e. The summed E-state index contributed by atoms with van der Waals surface area (Å²) in [6.45, 7) is 0. The average molecular weight is 194 g/mol. The number of aldehydes is 1. The lowest BCUT2D eigenvalue weighted by atomic mass is 10.1. The van der Waals surface area contributed by atoms with Crippen molar-refractivity contribution in [3.05, 3.63) is 34.7 Å². The fourth-order valence-corrected chi connectivity index (χ4v) is 2.48. The van der Waals surface area contributed by atoms with E-state index < -0.39 is 9.84 Å². The molecule has 2 rings (SSSR count). The predicted octanol–water partition coefficient (Wildman–Crippen LogP) is 1.26. The van der Waals surface area contributed by atoms with Crippen LogP contribution in [0.1, 0.15) is 15.9 Å². The fourth-order valence-electron chi connectivity index (χ4n) is 1.24. The van der Waals surface area contributed by atoms with E-state index in [1.807, 2.05) is 0 Å². The Kier molecular flexibility index (Phi) is 1.60. The molecule has 0 N–H and O–H groups in total. The van der Waals surface area contributed by atoms with Crippen LogP contribution in [0.2, 0.25) is 0 Å². The minimum absolute atomic E-state index is 0.220. The van der Waals surface area contributed by atoms with Gasteiger partial charge in [-0.3, -0.25) is 4.79 Å². The molecule has 0 spiro atoms. The summed E-state index contributed by atoms with van der Waals surface area (Å²) in [6, 6.07) is 4.61. The molecule has 0 aromatic heterocycles. The normalized spacial score (nSPS) is 16.9. The van der Waals surface area contributed by atoms with Gasteiger partial charge >= 0.3 is 0 Å². The van der Waals surface area contributed by atoms with Crippen LogP contribution in [0.25, 0.3) is 6.08 Å². The first kappa shape index (κ1) is 8.19. The summed E-state index contributed by atoms with van der Waals surface area (Å²) >= 11 is 0. The van der Waals surface area contributed by atoms with Crippen LogP contribution in [0.5, 0.6) is 0 Å². The molecule has 1 aliphatic heterocycles. The van der Waals surface area contributed by atoms with E-state index in [-0.39, 0.29) is 4.90 Å². The highest BCUT2D eigenvalue weighted by Crippen LogP contribution is 2.26. The monoisotopic (exact) mass is 194 g/mol. The van der Waals surface area contributed by atoms with Gasteiger partial charge in [0.15, 0.2) is 9.84 Å². The van der Waals surface area contributed by atoms with E-state index in [4.69, 9.17) is 0 Å². The molecule has 0 saturated carbocycles. The van der Waals surface area contributed by atoms with Crippen molar-refractivity contribution >= 4 is 22.2 Å². The van der Waals surface area contributed by atoms with Gasteiger partial charge in [0.05, 0.1) is 4.90 Å². The maximum atomic E-state index is 11.3. The summed E-state index contributed by atoms with van der Waals surface area (Å²) in [5.74, 6) is 0. The van der Waals surface area contributed by atoms with Crippen LogP contribution >= 0.6 is 0 Å². The third kappa shape index (κ3) is 1.19. The molecular formula is C9H6O3S. The highest BCUT2D eigenvalue weighted by Gasteiger charge is 2.20. The van der Waals surface area contributed by atoms with Crippen LogP contribution in [0.3, 0.4) is 0 Å². The highest BCUT2D eigenvalue weighted by molar-refractivity contribution is 7.94. The first-order valence-corrected chi connectivity index (χ1v) is 5.20. The van der Waals surface area contributed by atoms with E-state index in [1.54, 1.807) is 12.1 Å². The first-order valence-electron chi connectivity index (χ1n) is 3.66. The van der Waals surface area contributed by atoms with E-state index in [2.05, 4.69) is 0 Å². The van der Waals surface area contributed by atoms with Crippen molar-refractivity contribution in [2.45, 2.75) is 4.90 Å². The summed E-state index contributed by atoms with van der Waals surface area (Å²) < 4.78 is 22.6. The van der Waals surface area contributed by atoms with Gasteiger partial charge in [0, 0.05) is 11.0 Å². The number of fused-ring (bicyclic) bond motifs is 1. The highest BCUT2D eigenvalue weighted by atomic mass is 32.2. The molecular weight excluding hydrogens is 188 g/mol. The molecule has 1 heterocycles. The summed E-state index contributed by atoms with van der Waals surface area (Å²) in [7, 11) is -3.28. The van der Waals surface area contributed by atoms with Crippen molar-refractivity contribution in [3.63, 3.8) is 0 Å². The second-order valence-electron chi connectivity index (χ2n) is 2.76. The quantitative estimate of drug-likeness (QED) is 0.632. The Labute approximate surface area is 75.6 Å². The molecule has 1 aromatic carbocycles. The van der Waals surface area contributed by atoms with Crippen LogP contribution in [0, 0.1) is 0 Å². The Morgan fingerprint density at radius 1 is 1.23 bits per heavy atom. The topological polar surface area (TPSA) is 51.2 Å². The minimum Gasteiger partial charge on any atom is -0.298 e. The number of sulfone groups is 1. The number of carbonyl (C=O) groups excluding carboxylic acids is 1. The smallest absolute Gasteiger partial charge is 0.200 e. The van der Waals surface area contributed by atoms with Crippen molar-refractivity contribution in [2.75, 3.05) is 0 Å². The van der Waals surface area contributed by atoms with Crippen LogP contribution in [-0.4, -0.2) is 14.7 Å². The van der Waals surface area contributed by atoms with Crippen LogP contribution in [0.4, 0.5) is 0 Å². The van der Waals surface area contributed by atoms with Crippen molar-refractivity contribution in [3.8, 4) is 0 Å². The molecule has 1 aromatic rings. The van der Waals surface area contributed by atoms with Crippen LogP contribution in [0.15, 0.2) is 28.5 Å². The number of carbonyl (C=O) groups is 1. The lowest BCUT2D eigenvalue weighted by Crippen LogP contribution is -1.94. The molecule has 3 nitrogen and oxygen atoms in total. The van der Waals surface area contributed by atoms with Gasteiger partial charge in [0.25, 0.3) is 0 Å². The van der Waals surface area contributed by atoms with Crippen LogP contribution < -0.4 is 0 Å². The number of rotatable bonds is 1. The maximum Gasteiger partial charge on any atom is 0.200 e. The zero-order valence-electron chi connectivity index (χ0n) is 6.60. The fraction of sp³-hybridized carbons (Fsp3) is 0. The summed E-state index contributed by atoms with van der Waals surface area (Å²) in [6.07, 6.45) is 2.16. The van der Waals surface area contributed by atoms with Crippen molar-refractivity contribution in [1.29, 1.82) is 0 Å². The molecule has 0 radical (unpaired) electrons. The van der Waals surface area contributed by atoms with Gasteiger partial charge in [-0.2, -0.15) is 0 Å². The Morgan fingerprint density at radius 2 is 2.00 bits per heavy atom. The van der Waals surface area contributed by atoms with E-state index >= 15 is 0 Å². The van der Waals surface area contributed by atoms with Crippen LogP contribution in [-0.2, 0) is 9.84 Å². The predicted molar refractivity (Wildman–Crippen MR) is 48.0 cm³/mol. The molecule has 0 bridgehead atoms. The van der Waals surface area contributed by atoms with Gasteiger partial charge < -0.3 is 0 Å². The molecule has 0 amide bonds. The zero-order valence-corrected chi connectivity index (χ0v) is 7.41. The summed E-state index contributed by atoms with van der Waals surface area (Å²) in [4.78, 5) is 10.6. The van der Waals surface area contributed by atoms with E-state index in [0.717, 1.165) is 5.41 Å². The number of hydrogen-bond donors (Lipinski definition) is 0. The first-order chi connectivity index (χ1) is 6.13. The molecule has 66 valence electrons. The molecule has 1 aliphatic rings. The Balaban J connectivity index is 2.74. The summed E-state index contributed by atoms with van der Waals surface area (Å²) in [5.41, 5.74) is 1.02. The van der Waals surface area contributed by atoms with Gasteiger partial charge in [-0.1, -0.05) is 12.1 Å². The zero-order chi connectivity index (χ0) is 9.47. The number of hydrogen-bond acceptors (Lipinski definition) is 3. The average Bonchev–Trinajstić information content (AvgIpc) is 2.42. The molecule has 0 saturated heterocycles. The van der Waals surface area contributed by atoms with Gasteiger partial charge in [0.1, 0.15) is 6.29 Å². The van der Waals surface area contributed by atoms with Gasteiger partial charge in [0.2, 0.25) is 0 Å². The molecule has 0 atom stereocenters. The molecule has 0 fully saturated rings. The molecule has 0 unspecified atom stereocenters. The number of benzene rings is 1. The lowest BCUT2D eigenvalue weighted by Gasteiger charge is -1.98. The van der Waals surface area contributed by atoms with Crippen molar-refractivity contribution in [1.82, 2.24) is 0 Å². The third-order valence-corrected chi connectivity index (χ3v) is 3.37. The summed E-state index contributed by atoms with van der Waals surface area (Å²) in [5, 5.41) is 1.15. The molecule has 0 aliphatic carbocycles. The second-order valence-corrected chi connectivity index (χ2v) is 4.56. The standard InChI is InChI=1S/C9H6O3S/c10-6-7-1-2-8-3-4-13(11,12)9(8)5-7/h1-6H.